The van der Waals surface area contributed by atoms with Crippen molar-refractivity contribution >= 4 is 15.7 Å². The Hall–Kier alpha value is -1.93. The van der Waals surface area contributed by atoms with Crippen molar-refractivity contribution in [1.82, 2.24) is 14.9 Å². The number of sulfonamides is 1. The van der Waals surface area contributed by atoms with Crippen molar-refractivity contribution in [1.29, 1.82) is 0 Å². The van der Waals surface area contributed by atoms with Crippen LogP contribution in [0.25, 0.3) is 0 Å². The fourth-order valence-corrected chi connectivity index (χ4v) is 2.85. The van der Waals surface area contributed by atoms with Crippen LogP contribution in [0, 0.1) is 6.92 Å². The minimum absolute atomic E-state index is 0.108. The molecule has 0 radical (unpaired) electrons. The molecule has 8 heteroatoms. The van der Waals surface area contributed by atoms with E-state index in [0.29, 0.717) is 29.4 Å². The van der Waals surface area contributed by atoms with Gasteiger partial charge < -0.3 is 10.3 Å². The molecule has 0 unspecified atom stereocenters. The summed E-state index contributed by atoms with van der Waals surface area (Å²) >= 11 is 0. The molecule has 0 saturated heterocycles. The Balaban J connectivity index is 1.88. The third-order valence-electron chi connectivity index (χ3n) is 2.55. The Morgan fingerprint density at radius 1 is 1.40 bits per heavy atom. The number of aryl methyl sites for hydroxylation is 1. The normalized spacial score (nSPS) is 11.7. The van der Waals surface area contributed by atoms with Crippen LogP contribution < -0.4 is 10.5 Å². The van der Waals surface area contributed by atoms with Crippen LogP contribution in [-0.4, -0.2) is 25.1 Å². The number of nitrogens with one attached hydrogen (secondary N) is 1. The van der Waals surface area contributed by atoms with Gasteiger partial charge in [0.1, 0.15) is 0 Å². The van der Waals surface area contributed by atoms with E-state index in [1.807, 2.05) is 0 Å². The maximum atomic E-state index is 11.9. The largest absolute Gasteiger partial charge is 0.399 e. The Morgan fingerprint density at radius 3 is 2.85 bits per heavy atom. The molecule has 1 aromatic heterocycles. The van der Waals surface area contributed by atoms with Crippen molar-refractivity contribution < 1.29 is 12.9 Å². The molecule has 1 heterocycles. The highest BCUT2D eigenvalue weighted by Crippen LogP contribution is 2.09. The van der Waals surface area contributed by atoms with Crippen LogP contribution in [0.5, 0.6) is 0 Å². The SMILES string of the molecule is Cc1nc(CCNS(=O)(=O)Cc2cccc(N)c2)no1. The van der Waals surface area contributed by atoms with Gasteiger partial charge in [-0.2, -0.15) is 4.98 Å². The first-order valence-corrected chi connectivity index (χ1v) is 7.71. The van der Waals surface area contributed by atoms with Gasteiger partial charge in [0.05, 0.1) is 5.75 Å². The van der Waals surface area contributed by atoms with E-state index in [-0.39, 0.29) is 12.3 Å². The van der Waals surface area contributed by atoms with E-state index >= 15 is 0 Å². The lowest BCUT2D eigenvalue weighted by molar-refractivity contribution is 0.387. The lowest BCUT2D eigenvalue weighted by atomic mass is 10.2. The number of nitrogen functional groups attached to an aromatic ring is 1. The Kier molecular flexibility index (Phi) is 4.35. The van der Waals surface area contributed by atoms with E-state index < -0.39 is 10.0 Å². The van der Waals surface area contributed by atoms with Crippen molar-refractivity contribution in [2.24, 2.45) is 0 Å². The van der Waals surface area contributed by atoms with Gasteiger partial charge in [0.2, 0.25) is 15.9 Å². The van der Waals surface area contributed by atoms with Gasteiger partial charge in [0, 0.05) is 25.6 Å². The second-order valence-corrected chi connectivity index (χ2v) is 6.18. The van der Waals surface area contributed by atoms with Gasteiger partial charge in [-0.1, -0.05) is 17.3 Å². The van der Waals surface area contributed by atoms with Gasteiger partial charge in [0.25, 0.3) is 0 Å². The number of rotatable bonds is 6. The van der Waals surface area contributed by atoms with E-state index in [0.717, 1.165) is 0 Å². The minimum atomic E-state index is -3.41. The molecule has 20 heavy (non-hydrogen) atoms. The molecule has 0 bridgehead atoms. The van der Waals surface area contributed by atoms with E-state index in [1.165, 1.54) is 0 Å². The summed E-state index contributed by atoms with van der Waals surface area (Å²) in [5, 5.41) is 3.69. The molecule has 0 saturated carbocycles. The molecule has 0 spiro atoms. The van der Waals surface area contributed by atoms with Gasteiger partial charge in [-0.05, 0) is 17.7 Å². The second kappa shape index (κ2) is 6.02. The predicted molar refractivity (Wildman–Crippen MR) is 74.2 cm³/mol. The molecule has 0 aliphatic carbocycles. The molecule has 1 aromatic carbocycles. The molecule has 0 atom stereocenters. The summed E-state index contributed by atoms with van der Waals surface area (Å²) in [6.45, 7) is 1.91. The third-order valence-corrected chi connectivity index (χ3v) is 3.91. The number of nitrogens with two attached hydrogens (primary N) is 1. The van der Waals surface area contributed by atoms with Crippen LogP contribution in [0.2, 0.25) is 0 Å². The summed E-state index contributed by atoms with van der Waals surface area (Å²) < 4.78 is 31.1. The van der Waals surface area contributed by atoms with Crippen LogP contribution >= 0.6 is 0 Å². The Morgan fingerprint density at radius 2 is 2.20 bits per heavy atom. The van der Waals surface area contributed by atoms with Gasteiger partial charge in [-0.25, -0.2) is 13.1 Å². The van der Waals surface area contributed by atoms with Crippen LogP contribution in [0.1, 0.15) is 17.3 Å². The van der Waals surface area contributed by atoms with Crippen LogP contribution in [0.4, 0.5) is 5.69 Å². The van der Waals surface area contributed by atoms with Gasteiger partial charge in [0.15, 0.2) is 5.82 Å². The zero-order valence-corrected chi connectivity index (χ0v) is 11.9. The summed E-state index contributed by atoms with van der Waals surface area (Å²) in [6.07, 6.45) is 0.382. The third kappa shape index (κ3) is 4.32. The lowest BCUT2D eigenvalue weighted by Crippen LogP contribution is -2.27. The monoisotopic (exact) mass is 296 g/mol. The lowest BCUT2D eigenvalue weighted by Gasteiger charge is -2.06. The molecule has 7 nitrogen and oxygen atoms in total. The number of benzene rings is 1. The second-order valence-electron chi connectivity index (χ2n) is 4.38. The first kappa shape index (κ1) is 14.5. The smallest absolute Gasteiger partial charge is 0.223 e. The summed E-state index contributed by atoms with van der Waals surface area (Å²) in [4.78, 5) is 4.00. The molecular weight excluding hydrogens is 280 g/mol. The van der Waals surface area contributed by atoms with E-state index in [9.17, 15) is 8.42 Å². The van der Waals surface area contributed by atoms with Gasteiger partial charge in [-0.15, -0.1) is 0 Å². The number of nitrogens with zero attached hydrogens (tertiary/aromatic N) is 2. The Bertz CT molecular complexity index is 682. The minimum Gasteiger partial charge on any atom is -0.399 e. The zero-order valence-electron chi connectivity index (χ0n) is 11.0. The van der Waals surface area contributed by atoms with Crippen molar-refractivity contribution in [2.45, 2.75) is 19.1 Å². The molecule has 2 aromatic rings. The van der Waals surface area contributed by atoms with Crippen LogP contribution in [-0.2, 0) is 22.2 Å². The fourth-order valence-electron chi connectivity index (χ4n) is 1.71. The fraction of sp³-hybridized carbons (Fsp3) is 0.333. The van der Waals surface area contributed by atoms with Crippen molar-refractivity contribution in [3.05, 3.63) is 41.5 Å². The van der Waals surface area contributed by atoms with E-state index in [2.05, 4.69) is 14.9 Å². The van der Waals surface area contributed by atoms with Crippen molar-refractivity contribution in [2.75, 3.05) is 12.3 Å². The van der Waals surface area contributed by atoms with Crippen LogP contribution in [0.15, 0.2) is 28.8 Å². The number of hydrogen-bond acceptors (Lipinski definition) is 6. The molecule has 0 aliphatic heterocycles. The standard InChI is InChI=1S/C12H16N4O3S/c1-9-15-12(16-19-9)5-6-14-20(17,18)8-10-3-2-4-11(13)7-10/h2-4,7,14H,5-6,8,13H2,1H3. The summed E-state index contributed by atoms with van der Waals surface area (Å²) in [7, 11) is -3.41. The zero-order chi connectivity index (χ0) is 14.6. The van der Waals surface area contributed by atoms with Gasteiger partial charge in [-0.3, -0.25) is 0 Å². The average molecular weight is 296 g/mol. The molecule has 0 fully saturated rings. The molecule has 2 rings (SSSR count). The number of anilines is 1. The first-order chi connectivity index (χ1) is 9.44. The molecular formula is C12H16N4O3S. The molecule has 3 N–H and O–H groups in total. The highest BCUT2D eigenvalue weighted by Gasteiger charge is 2.12. The highest BCUT2D eigenvalue weighted by molar-refractivity contribution is 7.88. The quantitative estimate of drug-likeness (QED) is 0.756. The summed E-state index contributed by atoms with van der Waals surface area (Å²) in [5.41, 5.74) is 6.80. The van der Waals surface area contributed by atoms with Gasteiger partial charge >= 0.3 is 0 Å². The topological polar surface area (TPSA) is 111 Å². The number of aromatic nitrogens is 2. The molecule has 0 amide bonds. The predicted octanol–water partition coefficient (Wildman–Crippen LogP) is 0.622. The summed E-state index contributed by atoms with van der Waals surface area (Å²) in [6, 6.07) is 6.80. The first-order valence-electron chi connectivity index (χ1n) is 6.05. The molecule has 108 valence electrons. The Labute approximate surface area is 117 Å². The number of hydrogen-bond donors (Lipinski definition) is 2. The maximum Gasteiger partial charge on any atom is 0.223 e. The maximum absolute atomic E-state index is 11.9. The van der Waals surface area contributed by atoms with Crippen molar-refractivity contribution in [3.63, 3.8) is 0 Å². The molecule has 0 aliphatic rings. The highest BCUT2D eigenvalue weighted by atomic mass is 32.2. The van der Waals surface area contributed by atoms with Crippen molar-refractivity contribution in [3.8, 4) is 0 Å². The van der Waals surface area contributed by atoms with Crippen LogP contribution in [0.3, 0.4) is 0 Å². The summed E-state index contributed by atoms with van der Waals surface area (Å²) in [5.74, 6) is 0.834. The van der Waals surface area contributed by atoms with E-state index in [4.69, 9.17) is 10.3 Å². The van der Waals surface area contributed by atoms with E-state index in [1.54, 1.807) is 31.2 Å². The average Bonchev–Trinajstić information content (AvgIpc) is 2.74.